The highest BCUT2D eigenvalue weighted by atomic mass is 32.1. The number of ether oxygens (including phenoxy) is 1. The van der Waals surface area contributed by atoms with Crippen molar-refractivity contribution in [3.63, 3.8) is 0 Å². The van der Waals surface area contributed by atoms with E-state index in [1.807, 2.05) is 19.1 Å². The van der Waals surface area contributed by atoms with Crippen LogP contribution >= 0.6 is 11.3 Å². The van der Waals surface area contributed by atoms with E-state index in [-0.39, 0.29) is 19.1 Å². The van der Waals surface area contributed by atoms with Crippen molar-refractivity contribution >= 4 is 39.0 Å². The number of amides is 1. The number of halogens is 1. The Morgan fingerprint density at radius 3 is 2.64 bits per heavy atom. The van der Waals surface area contributed by atoms with Gasteiger partial charge < -0.3 is 15.4 Å². The van der Waals surface area contributed by atoms with E-state index < -0.39 is 11.8 Å². The summed E-state index contributed by atoms with van der Waals surface area (Å²) in [5.41, 5.74) is 2.48. The second-order valence-corrected chi connectivity index (χ2v) is 7.23. The molecule has 5 nitrogen and oxygen atoms in total. The minimum absolute atomic E-state index is 0.183. The number of carbonyl (C=O) groups excluding carboxylic acids is 2. The standard InChI is InChI=1S/C21H21FN2O3S/c1-4-27-21(26)19-13(18-14(22)8-6-10-16(18)28-19)11-24-15-9-5-7-12(2)17(15)20(25)23-3/h5-10,24H,4,11H2,1-3H3,(H,23,25). The molecule has 0 aliphatic heterocycles. The number of rotatable bonds is 6. The second-order valence-electron chi connectivity index (χ2n) is 6.17. The fourth-order valence-electron chi connectivity index (χ4n) is 3.12. The van der Waals surface area contributed by atoms with Crippen LogP contribution in [0.3, 0.4) is 0 Å². The molecule has 1 aromatic heterocycles. The first-order valence-electron chi connectivity index (χ1n) is 8.90. The van der Waals surface area contributed by atoms with E-state index in [4.69, 9.17) is 4.74 Å². The van der Waals surface area contributed by atoms with Gasteiger partial charge in [0.1, 0.15) is 10.7 Å². The number of benzene rings is 2. The lowest BCUT2D eigenvalue weighted by atomic mass is 10.0. The number of esters is 1. The molecule has 3 aromatic rings. The van der Waals surface area contributed by atoms with Gasteiger partial charge in [-0.1, -0.05) is 18.2 Å². The molecule has 1 heterocycles. The van der Waals surface area contributed by atoms with E-state index in [1.54, 1.807) is 32.2 Å². The highest BCUT2D eigenvalue weighted by molar-refractivity contribution is 7.21. The van der Waals surface area contributed by atoms with Crippen LogP contribution in [0.5, 0.6) is 0 Å². The number of hydrogen-bond acceptors (Lipinski definition) is 5. The third-order valence-electron chi connectivity index (χ3n) is 4.41. The van der Waals surface area contributed by atoms with Crippen LogP contribution in [0.2, 0.25) is 0 Å². The van der Waals surface area contributed by atoms with Crippen molar-refractivity contribution in [1.29, 1.82) is 0 Å². The van der Waals surface area contributed by atoms with Crippen molar-refractivity contribution < 1.29 is 18.7 Å². The Morgan fingerprint density at radius 2 is 1.93 bits per heavy atom. The number of thiophene rings is 1. The molecule has 2 aromatic carbocycles. The Kier molecular flexibility index (Phi) is 5.94. The van der Waals surface area contributed by atoms with E-state index in [1.165, 1.54) is 17.4 Å². The summed E-state index contributed by atoms with van der Waals surface area (Å²) in [6.45, 7) is 4.00. The zero-order chi connectivity index (χ0) is 20.3. The molecule has 0 unspecified atom stereocenters. The van der Waals surface area contributed by atoms with Crippen LogP contribution in [-0.4, -0.2) is 25.5 Å². The Labute approximate surface area is 166 Å². The summed E-state index contributed by atoms with van der Waals surface area (Å²) in [5, 5.41) is 6.23. The summed E-state index contributed by atoms with van der Waals surface area (Å²) in [5.74, 6) is -1.08. The average molecular weight is 400 g/mol. The van der Waals surface area contributed by atoms with Crippen LogP contribution in [-0.2, 0) is 11.3 Å². The molecule has 0 atom stereocenters. The summed E-state index contributed by atoms with van der Waals surface area (Å²) in [6.07, 6.45) is 0. The summed E-state index contributed by atoms with van der Waals surface area (Å²) in [4.78, 5) is 25.0. The predicted molar refractivity (Wildman–Crippen MR) is 110 cm³/mol. The molecule has 0 aliphatic carbocycles. The maximum absolute atomic E-state index is 14.5. The van der Waals surface area contributed by atoms with Gasteiger partial charge in [-0.15, -0.1) is 11.3 Å². The largest absolute Gasteiger partial charge is 0.462 e. The van der Waals surface area contributed by atoms with E-state index >= 15 is 0 Å². The van der Waals surface area contributed by atoms with Crippen LogP contribution in [0.1, 0.15) is 38.1 Å². The summed E-state index contributed by atoms with van der Waals surface area (Å²) in [7, 11) is 1.57. The average Bonchev–Trinajstić information content (AvgIpc) is 3.06. The maximum Gasteiger partial charge on any atom is 0.348 e. The van der Waals surface area contributed by atoms with E-state index in [0.29, 0.717) is 31.8 Å². The molecule has 0 radical (unpaired) electrons. The Morgan fingerprint density at radius 1 is 1.18 bits per heavy atom. The van der Waals surface area contributed by atoms with Gasteiger partial charge in [0.05, 0.1) is 12.2 Å². The molecule has 7 heteroatoms. The highest BCUT2D eigenvalue weighted by Gasteiger charge is 2.22. The first-order valence-corrected chi connectivity index (χ1v) is 9.72. The van der Waals surface area contributed by atoms with Crippen molar-refractivity contribution in [1.82, 2.24) is 5.32 Å². The Balaban J connectivity index is 2.04. The van der Waals surface area contributed by atoms with Gasteiger partial charge in [-0.05, 0) is 37.6 Å². The van der Waals surface area contributed by atoms with Crippen LogP contribution in [0.15, 0.2) is 36.4 Å². The molecule has 28 heavy (non-hydrogen) atoms. The molecule has 0 bridgehead atoms. The summed E-state index contributed by atoms with van der Waals surface area (Å²) < 4.78 is 20.3. The lowest BCUT2D eigenvalue weighted by Crippen LogP contribution is -2.21. The van der Waals surface area contributed by atoms with Crippen LogP contribution in [0.25, 0.3) is 10.1 Å². The molecular weight excluding hydrogens is 379 g/mol. The first kappa shape index (κ1) is 19.8. The van der Waals surface area contributed by atoms with E-state index in [0.717, 1.165) is 5.56 Å². The van der Waals surface area contributed by atoms with E-state index in [9.17, 15) is 14.0 Å². The highest BCUT2D eigenvalue weighted by Crippen LogP contribution is 2.34. The van der Waals surface area contributed by atoms with Gasteiger partial charge in [-0.2, -0.15) is 0 Å². The van der Waals surface area contributed by atoms with Gasteiger partial charge in [0.2, 0.25) is 0 Å². The van der Waals surface area contributed by atoms with Crippen molar-refractivity contribution in [2.45, 2.75) is 20.4 Å². The molecule has 0 spiro atoms. The van der Waals surface area contributed by atoms with Gasteiger partial charge in [-0.25, -0.2) is 9.18 Å². The molecule has 0 aliphatic rings. The van der Waals surface area contributed by atoms with Gasteiger partial charge in [-0.3, -0.25) is 4.79 Å². The number of fused-ring (bicyclic) bond motifs is 1. The topological polar surface area (TPSA) is 67.4 Å². The van der Waals surface area contributed by atoms with Crippen molar-refractivity contribution in [2.24, 2.45) is 0 Å². The van der Waals surface area contributed by atoms with Gasteiger partial charge >= 0.3 is 5.97 Å². The minimum Gasteiger partial charge on any atom is -0.462 e. The molecule has 0 fully saturated rings. The summed E-state index contributed by atoms with van der Waals surface area (Å²) in [6, 6.07) is 10.2. The number of anilines is 1. The Hall–Kier alpha value is -2.93. The molecule has 146 valence electrons. The second kappa shape index (κ2) is 8.39. The minimum atomic E-state index is -0.476. The lowest BCUT2D eigenvalue weighted by molar-refractivity contribution is 0.0531. The normalized spacial score (nSPS) is 10.7. The molecule has 1 amide bonds. The van der Waals surface area contributed by atoms with E-state index in [2.05, 4.69) is 10.6 Å². The quantitative estimate of drug-likeness (QED) is 0.598. The third kappa shape index (κ3) is 3.71. The lowest BCUT2D eigenvalue weighted by Gasteiger charge is -2.14. The van der Waals surface area contributed by atoms with Crippen molar-refractivity contribution in [3.05, 3.63) is 63.8 Å². The fourth-order valence-corrected chi connectivity index (χ4v) is 4.25. The molecule has 0 saturated carbocycles. The van der Waals surface area contributed by atoms with Crippen LogP contribution < -0.4 is 10.6 Å². The summed E-state index contributed by atoms with van der Waals surface area (Å²) >= 11 is 1.21. The maximum atomic E-state index is 14.5. The van der Waals surface area contributed by atoms with Gasteiger partial charge in [0.15, 0.2) is 0 Å². The molecule has 3 rings (SSSR count). The zero-order valence-corrected chi connectivity index (χ0v) is 16.7. The molecule has 0 saturated heterocycles. The number of aryl methyl sites for hydroxylation is 1. The third-order valence-corrected chi connectivity index (χ3v) is 5.58. The number of nitrogens with one attached hydrogen (secondary N) is 2. The van der Waals surface area contributed by atoms with Crippen LogP contribution in [0, 0.1) is 12.7 Å². The van der Waals surface area contributed by atoms with Gasteiger partial charge in [0.25, 0.3) is 5.91 Å². The van der Waals surface area contributed by atoms with Crippen molar-refractivity contribution in [2.75, 3.05) is 19.0 Å². The van der Waals surface area contributed by atoms with Crippen LogP contribution in [0.4, 0.5) is 10.1 Å². The predicted octanol–water partition coefficient (Wildman–Crippen LogP) is 4.50. The monoisotopic (exact) mass is 400 g/mol. The SMILES string of the molecule is CCOC(=O)c1sc2cccc(F)c2c1CNc1cccc(C)c1C(=O)NC. The van der Waals surface area contributed by atoms with Crippen molar-refractivity contribution in [3.8, 4) is 0 Å². The zero-order valence-electron chi connectivity index (χ0n) is 15.9. The molecule has 2 N–H and O–H groups in total. The first-order chi connectivity index (χ1) is 13.5. The molecular formula is C21H21FN2O3S. The number of carbonyl (C=O) groups is 2. The smallest absolute Gasteiger partial charge is 0.348 e. The Bertz CT molecular complexity index is 1050. The van der Waals surface area contributed by atoms with Gasteiger partial charge in [0, 0.05) is 34.9 Å². The fraction of sp³-hybridized carbons (Fsp3) is 0.238. The number of hydrogen-bond donors (Lipinski definition) is 2.